The summed E-state index contributed by atoms with van der Waals surface area (Å²) in [4.78, 5) is 33.6. The van der Waals surface area contributed by atoms with Crippen molar-refractivity contribution < 1.29 is 9.59 Å². The van der Waals surface area contributed by atoms with Crippen LogP contribution >= 0.6 is 0 Å². The van der Waals surface area contributed by atoms with E-state index in [1.165, 1.54) is 0 Å². The molecular formula is C18H25N5O2. The highest BCUT2D eigenvalue weighted by molar-refractivity contribution is 6.02. The van der Waals surface area contributed by atoms with E-state index in [-0.39, 0.29) is 11.8 Å². The van der Waals surface area contributed by atoms with E-state index < -0.39 is 0 Å². The van der Waals surface area contributed by atoms with Crippen molar-refractivity contribution in [1.29, 1.82) is 0 Å². The Balaban J connectivity index is 1.87. The number of carbonyl (C=O) groups excluding carboxylic acids is 2. The fourth-order valence-corrected chi connectivity index (χ4v) is 3.07. The lowest BCUT2D eigenvalue weighted by atomic mass is 10.1. The van der Waals surface area contributed by atoms with Gasteiger partial charge < -0.3 is 15.1 Å². The van der Waals surface area contributed by atoms with Crippen molar-refractivity contribution in [2.24, 2.45) is 0 Å². The molecule has 3 rings (SSSR count). The molecule has 0 bridgehead atoms. The molecule has 7 nitrogen and oxygen atoms in total. The topological polar surface area (TPSA) is 70.0 Å². The largest absolute Gasteiger partial charge is 0.349 e. The van der Waals surface area contributed by atoms with Crippen LogP contribution in [0.3, 0.4) is 0 Å². The Labute approximate surface area is 147 Å². The van der Waals surface area contributed by atoms with Crippen LogP contribution in [-0.2, 0) is 0 Å². The van der Waals surface area contributed by atoms with E-state index in [2.05, 4.69) is 10.3 Å². The van der Waals surface area contributed by atoms with Crippen LogP contribution < -0.4 is 5.32 Å². The SMILES string of the molecule is CN(C)CCNC(=O)c1nc(C(=O)N2CCCCC2)n2ccccc12. The van der Waals surface area contributed by atoms with E-state index in [4.69, 9.17) is 0 Å². The molecule has 2 aromatic heterocycles. The van der Waals surface area contributed by atoms with Gasteiger partial charge in [0, 0.05) is 32.4 Å². The molecule has 134 valence electrons. The first-order chi connectivity index (χ1) is 12.1. The van der Waals surface area contributed by atoms with Crippen molar-refractivity contribution in [3.05, 3.63) is 35.9 Å². The lowest BCUT2D eigenvalue weighted by Crippen LogP contribution is -2.36. The average molecular weight is 343 g/mol. The zero-order chi connectivity index (χ0) is 17.8. The molecule has 0 spiro atoms. The van der Waals surface area contributed by atoms with Gasteiger partial charge in [-0.25, -0.2) is 4.98 Å². The van der Waals surface area contributed by atoms with Crippen molar-refractivity contribution in [2.45, 2.75) is 19.3 Å². The average Bonchev–Trinajstić information content (AvgIpc) is 3.01. The van der Waals surface area contributed by atoms with Crippen LogP contribution in [0.4, 0.5) is 0 Å². The number of piperidine rings is 1. The summed E-state index contributed by atoms with van der Waals surface area (Å²) in [6.07, 6.45) is 4.99. The quantitative estimate of drug-likeness (QED) is 0.887. The molecule has 25 heavy (non-hydrogen) atoms. The highest BCUT2D eigenvalue weighted by atomic mass is 16.2. The van der Waals surface area contributed by atoms with Gasteiger partial charge in [-0.05, 0) is 45.5 Å². The van der Waals surface area contributed by atoms with Gasteiger partial charge in [0.25, 0.3) is 11.8 Å². The van der Waals surface area contributed by atoms with Crippen molar-refractivity contribution >= 4 is 17.3 Å². The summed E-state index contributed by atoms with van der Waals surface area (Å²) in [5.41, 5.74) is 0.963. The molecular weight excluding hydrogens is 318 g/mol. The molecule has 0 saturated carbocycles. The first-order valence-corrected chi connectivity index (χ1v) is 8.77. The number of rotatable bonds is 5. The third-order valence-electron chi connectivity index (χ3n) is 4.44. The van der Waals surface area contributed by atoms with Gasteiger partial charge in [0.05, 0.1) is 5.52 Å². The van der Waals surface area contributed by atoms with Crippen molar-refractivity contribution in [1.82, 2.24) is 24.5 Å². The van der Waals surface area contributed by atoms with Gasteiger partial charge >= 0.3 is 0 Å². The fourth-order valence-electron chi connectivity index (χ4n) is 3.07. The molecule has 0 aliphatic carbocycles. The maximum atomic E-state index is 12.9. The second kappa shape index (κ2) is 7.65. The summed E-state index contributed by atoms with van der Waals surface area (Å²) in [6.45, 7) is 2.79. The van der Waals surface area contributed by atoms with Crippen LogP contribution in [0.15, 0.2) is 24.4 Å². The number of nitrogens with zero attached hydrogens (tertiary/aromatic N) is 4. The number of imidazole rings is 1. The molecule has 0 aromatic carbocycles. The predicted molar refractivity (Wildman–Crippen MR) is 95.8 cm³/mol. The summed E-state index contributed by atoms with van der Waals surface area (Å²) in [5, 5.41) is 2.87. The van der Waals surface area contributed by atoms with E-state index in [0.717, 1.165) is 38.9 Å². The Kier molecular flexibility index (Phi) is 5.33. The van der Waals surface area contributed by atoms with Crippen LogP contribution in [-0.4, -0.2) is 71.3 Å². The lowest BCUT2D eigenvalue weighted by Gasteiger charge is -2.25. The van der Waals surface area contributed by atoms with E-state index >= 15 is 0 Å². The number of hydrogen-bond donors (Lipinski definition) is 1. The zero-order valence-electron chi connectivity index (χ0n) is 14.9. The molecule has 2 amide bonds. The molecule has 3 heterocycles. The Morgan fingerprint density at radius 1 is 1.20 bits per heavy atom. The molecule has 0 unspecified atom stereocenters. The van der Waals surface area contributed by atoms with Crippen LogP contribution in [0.5, 0.6) is 0 Å². The zero-order valence-corrected chi connectivity index (χ0v) is 14.9. The first-order valence-electron chi connectivity index (χ1n) is 8.77. The van der Waals surface area contributed by atoms with Crippen LogP contribution in [0.2, 0.25) is 0 Å². The summed E-state index contributed by atoms with van der Waals surface area (Å²) >= 11 is 0. The van der Waals surface area contributed by atoms with Gasteiger partial charge in [0.2, 0.25) is 5.82 Å². The number of fused-ring (bicyclic) bond motifs is 1. The molecule has 1 aliphatic rings. The highest BCUT2D eigenvalue weighted by Crippen LogP contribution is 2.17. The number of aromatic nitrogens is 2. The minimum Gasteiger partial charge on any atom is -0.349 e. The van der Waals surface area contributed by atoms with Gasteiger partial charge in [-0.1, -0.05) is 6.07 Å². The summed E-state index contributed by atoms with van der Waals surface area (Å²) in [5.74, 6) is -0.0354. The number of hydrogen-bond acceptors (Lipinski definition) is 4. The molecule has 0 atom stereocenters. The van der Waals surface area contributed by atoms with Gasteiger partial charge in [-0.2, -0.15) is 0 Å². The molecule has 7 heteroatoms. The maximum absolute atomic E-state index is 12.9. The third-order valence-corrected chi connectivity index (χ3v) is 4.44. The smallest absolute Gasteiger partial charge is 0.290 e. The number of carbonyl (C=O) groups is 2. The van der Waals surface area contributed by atoms with Crippen molar-refractivity contribution in [3.63, 3.8) is 0 Å². The Morgan fingerprint density at radius 3 is 2.68 bits per heavy atom. The second-order valence-corrected chi connectivity index (χ2v) is 6.65. The Morgan fingerprint density at radius 2 is 1.96 bits per heavy atom. The molecule has 1 saturated heterocycles. The molecule has 1 aliphatic heterocycles. The van der Waals surface area contributed by atoms with Gasteiger partial charge in [0.15, 0.2) is 5.69 Å². The van der Waals surface area contributed by atoms with Crippen LogP contribution in [0.25, 0.3) is 5.52 Å². The summed E-state index contributed by atoms with van der Waals surface area (Å²) in [6, 6.07) is 5.51. The van der Waals surface area contributed by atoms with Gasteiger partial charge in [0.1, 0.15) is 0 Å². The predicted octanol–water partition coefficient (Wildman–Crippen LogP) is 1.25. The fraction of sp³-hybridized carbons (Fsp3) is 0.500. The van der Waals surface area contributed by atoms with E-state index in [0.29, 0.717) is 23.6 Å². The molecule has 1 fully saturated rings. The van der Waals surface area contributed by atoms with Gasteiger partial charge in [-0.15, -0.1) is 0 Å². The van der Waals surface area contributed by atoms with Crippen LogP contribution in [0.1, 0.15) is 40.4 Å². The number of likely N-dealkylation sites (N-methyl/N-ethyl adjacent to an activating group) is 1. The van der Waals surface area contributed by atoms with Crippen molar-refractivity contribution in [2.75, 3.05) is 40.3 Å². The van der Waals surface area contributed by atoms with E-state index in [1.807, 2.05) is 42.1 Å². The summed E-state index contributed by atoms with van der Waals surface area (Å²) in [7, 11) is 3.90. The van der Waals surface area contributed by atoms with E-state index in [1.54, 1.807) is 10.6 Å². The Bertz CT molecular complexity index is 762. The standard InChI is InChI=1S/C18H25N5O2/c1-21(2)13-9-19-17(24)15-14-8-4-7-12-23(14)16(20-15)18(25)22-10-5-3-6-11-22/h4,7-8,12H,3,5-6,9-11,13H2,1-2H3,(H,19,24). The molecule has 2 aromatic rings. The minimum atomic E-state index is -0.247. The van der Waals surface area contributed by atoms with Crippen molar-refractivity contribution in [3.8, 4) is 0 Å². The Hall–Kier alpha value is -2.41. The number of amides is 2. The van der Waals surface area contributed by atoms with Crippen LogP contribution in [0, 0.1) is 0 Å². The third kappa shape index (κ3) is 3.82. The summed E-state index contributed by atoms with van der Waals surface area (Å²) < 4.78 is 1.72. The monoisotopic (exact) mass is 343 g/mol. The van der Waals surface area contributed by atoms with E-state index in [9.17, 15) is 9.59 Å². The number of nitrogens with one attached hydrogen (secondary N) is 1. The maximum Gasteiger partial charge on any atom is 0.290 e. The number of pyridine rings is 1. The second-order valence-electron chi connectivity index (χ2n) is 6.65. The molecule has 1 N–H and O–H groups in total. The molecule has 0 radical (unpaired) electrons. The lowest BCUT2D eigenvalue weighted by molar-refractivity contribution is 0.0711. The van der Waals surface area contributed by atoms with Gasteiger partial charge in [-0.3, -0.25) is 14.0 Å². The number of likely N-dealkylation sites (tertiary alicyclic amines) is 1. The highest BCUT2D eigenvalue weighted by Gasteiger charge is 2.25. The normalized spacial score (nSPS) is 14.9. The minimum absolute atomic E-state index is 0.103. The first kappa shape index (κ1) is 17.4.